The first kappa shape index (κ1) is 13.2. The van der Waals surface area contributed by atoms with Crippen LogP contribution in [0.4, 0.5) is 5.69 Å². The van der Waals surface area contributed by atoms with Crippen molar-refractivity contribution in [1.82, 2.24) is 14.8 Å². The largest absolute Gasteiger partial charge is 0.398 e. The Hall–Kier alpha value is -1.82. The highest BCUT2D eigenvalue weighted by Crippen LogP contribution is 2.26. The minimum absolute atomic E-state index is 0.0339. The second-order valence-corrected chi connectivity index (χ2v) is 5.59. The van der Waals surface area contributed by atoms with E-state index in [0.717, 1.165) is 32.5 Å². The summed E-state index contributed by atoms with van der Waals surface area (Å²) in [4.78, 5) is 25.8. The standard InChI is InChI=1S/C14H20N4O2/c15-10-3-4-13(19)18(9-10)7-6-17-5-1-2-11-12(17)8-16-14(11)20/h3-4,9,11-12H,1-2,5-8,15H2,(H,16,20). The average molecular weight is 276 g/mol. The van der Waals surface area contributed by atoms with Crippen LogP contribution in [-0.4, -0.2) is 41.1 Å². The normalized spacial score (nSPS) is 26.3. The van der Waals surface area contributed by atoms with Crippen molar-refractivity contribution in [2.45, 2.75) is 25.4 Å². The number of hydrogen-bond donors (Lipinski definition) is 2. The Kier molecular flexibility index (Phi) is 3.48. The molecule has 6 heteroatoms. The van der Waals surface area contributed by atoms with Crippen molar-refractivity contribution in [3.8, 4) is 0 Å². The van der Waals surface area contributed by atoms with Crippen LogP contribution in [0.25, 0.3) is 0 Å². The summed E-state index contributed by atoms with van der Waals surface area (Å²) >= 11 is 0. The number of amides is 1. The Labute approximate surface area is 117 Å². The van der Waals surface area contributed by atoms with Gasteiger partial charge in [-0.25, -0.2) is 0 Å². The van der Waals surface area contributed by atoms with Crippen LogP contribution in [0.2, 0.25) is 0 Å². The summed E-state index contributed by atoms with van der Waals surface area (Å²) in [5, 5.41) is 2.94. The fraction of sp³-hybridized carbons (Fsp3) is 0.571. The van der Waals surface area contributed by atoms with Gasteiger partial charge in [0, 0.05) is 43.6 Å². The molecule has 1 aromatic heterocycles. The quantitative estimate of drug-likeness (QED) is 0.790. The van der Waals surface area contributed by atoms with Gasteiger partial charge in [0.05, 0.1) is 5.92 Å². The molecule has 3 rings (SSSR count). The van der Waals surface area contributed by atoms with Gasteiger partial charge in [-0.15, -0.1) is 0 Å². The molecule has 2 aliphatic heterocycles. The molecule has 0 aliphatic carbocycles. The monoisotopic (exact) mass is 276 g/mol. The van der Waals surface area contributed by atoms with Gasteiger partial charge in [-0.3, -0.25) is 14.5 Å². The van der Waals surface area contributed by atoms with Crippen molar-refractivity contribution in [3.63, 3.8) is 0 Å². The van der Waals surface area contributed by atoms with Gasteiger partial charge < -0.3 is 15.6 Å². The van der Waals surface area contributed by atoms with Gasteiger partial charge in [0.1, 0.15) is 0 Å². The van der Waals surface area contributed by atoms with Gasteiger partial charge in [-0.1, -0.05) is 0 Å². The van der Waals surface area contributed by atoms with Crippen molar-refractivity contribution < 1.29 is 4.79 Å². The fourth-order valence-corrected chi connectivity index (χ4v) is 3.28. The van der Waals surface area contributed by atoms with Gasteiger partial charge in [0.15, 0.2) is 0 Å². The van der Waals surface area contributed by atoms with E-state index in [4.69, 9.17) is 5.73 Å². The van der Waals surface area contributed by atoms with E-state index in [1.165, 1.54) is 6.07 Å². The van der Waals surface area contributed by atoms with Crippen molar-refractivity contribution in [3.05, 3.63) is 28.7 Å². The molecular weight excluding hydrogens is 256 g/mol. The summed E-state index contributed by atoms with van der Waals surface area (Å²) in [6.07, 6.45) is 3.70. The maximum Gasteiger partial charge on any atom is 0.250 e. The summed E-state index contributed by atoms with van der Waals surface area (Å²) in [5.41, 5.74) is 6.27. The Bertz CT molecular complexity index is 569. The maximum atomic E-state index is 11.7. The molecular formula is C14H20N4O2. The third-order valence-electron chi connectivity index (χ3n) is 4.35. The van der Waals surface area contributed by atoms with Gasteiger partial charge in [0.25, 0.3) is 5.56 Å². The number of pyridine rings is 1. The molecule has 20 heavy (non-hydrogen) atoms. The predicted molar refractivity (Wildman–Crippen MR) is 76.2 cm³/mol. The highest BCUT2D eigenvalue weighted by molar-refractivity contribution is 5.82. The predicted octanol–water partition coefficient (Wildman–Crippen LogP) is -0.359. The molecule has 0 spiro atoms. The average Bonchev–Trinajstić information content (AvgIpc) is 2.82. The van der Waals surface area contributed by atoms with E-state index in [1.807, 2.05) is 0 Å². The van der Waals surface area contributed by atoms with Gasteiger partial charge in [-0.05, 0) is 25.5 Å². The van der Waals surface area contributed by atoms with E-state index < -0.39 is 0 Å². The van der Waals surface area contributed by atoms with Gasteiger partial charge in [0.2, 0.25) is 5.91 Å². The Balaban J connectivity index is 1.67. The Morgan fingerprint density at radius 1 is 1.30 bits per heavy atom. The molecule has 0 radical (unpaired) electrons. The van der Waals surface area contributed by atoms with Crippen LogP contribution in [0.1, 0.15) is 12.8 Å². The van der Waals surface area contributed by atoms with Crippen molar-refractivity contribution >= 4 is 11.6 Å². The zero-order valence-electron chi connectivity index (χ0n) is 11.4. The number of likely N-dealkylation sites (tertiary alicyclic amines) is 1. The van der Waals surface area contributed by atoms with E-state index in [1.54, 1.807) is 16.8 Å². The highest BCUT2D eigenvalue weighted by atomic mass is 16.2. The molecule has 2 saturated heterocycles. The van der Waals surface area contributed by atoms with Crippen molar-refractivity contribution in [2.24, 2.45) is 5.92 Å². The van der Waals surface area contributed by atoms with Gasteiger partial charge >= 0.3 is 0 Å². The number of piperidine rings is 1. The SMILES string of the molecule is Nc1ccc(=O)n(CCN2CCCC3C(=O)NCC32)c1. The number of carbonyl (C=O) groups is 1. The van der Waals surface area contributed by atoms with Crippen LogP contribution < -0.4 is 16.6 Å². The number of aromatic nitrogens is 1. The fourth-order valence-electron chi connectivity index (χ4n) is 3.28. The zero-order valence-corrected chi connectivity index (χ0v) is 11.4. The Morgan fingerprint density at radius 3 is 3.00 bits per heavy atom. The first-order valence-electron chi connectivity index (χ1n) is 7.13. The van der Waals surface area contributed by atoms with Gasteiger partial charge in [-0.2, -0.15) is 0 Å². The summed E-state index contributed by atoms with van der Waals surface area (Å²) in [7, 11) is 0. The summed E-state index contributed by atoms with van der Waals surface area (Å²) in [6, 6.07) is 3.40. The number of nitrogens with one attached hydrogen (secondary N) is 1. The van der Waals surface area contributed by atoms with Crippen LogP contribution >= 0.6 is 0 Å². The molecule has 2 fully saturated rings. The molecule has 2 aliphatic rings. The van der Waals surface area contributed by atoms with Crippen LogP contribution in [0.15, 0.2) is 23.1 Å². The molecule has 3 N–H and O–H groups in total. The van der Waals surface area contributed by atoms with E-state index in [-0.39, 0.29) is 23.4 Å². The molecule has 0 saturated carbocycles. The minimum Gasteiger partial charge on any atom is -0.398 e. The lowest BCUT2D eigenvalue weighted by molar-refractivity contribution is -0.124. The third-order valence-corrected chi connectivity index (χ3v) is 4.35. The number of rotatable bonds is 3. The lowest BCUT2D eigenvalue weighted by Gasteiger charge is -2.35. The first-order valence-corrected chi connectivity index (χ1v) is 7.13. The molecule has 2 unspecified atom stereocenters. The van der Waals surface area contributed by atoms with E-state index >= 15 is 0 Å². The van der Waals surface area contributed by atoms with E-state index in [9.17, 15) is 9.59 Å². The topological polar surface area (TPSA) is 80.4 Å². The number of carbonyl (C=O) groups excluding carboxylic acids is 1. The molecule has 3 heterocycles. The lowest BCUT2D eigenvalue weighted by Crippen LogP contribution is -2.47. The molecule has 2 atom stereocenters. The van der Waals surface area contributed by atoms with Crippen LogP contribution in [0.5, 0.6) is 0 Å². The summed E-state index contributed by atoms with van der Waals surface area (Å²) in [6.45, 7) is 3.11. The van der Waals surface area contributed by atoms with Crippen LogP contribution in [0, 0.1) is 5.92 Å². The number of nitrogens with two attached hydrogens (primary N) is 1. The zero-order chi connectivity index (χ0) is 14.1. The number of hydrogen-bond acceptors (Lipinski definition) is 4. The maximum absolute atomic E-state index is 11.7. The van der Waals surface area contributed by atoms with E-state index in [2.05, 4.69) is 10.2 Å². The second-order valence-electron chi connectivity index (χ2n) is 5.59. The van der Waals surface area contributed by atoms with Crippen LogP contribution in [-0.2, 0) is 11.3 Å². The Morgan fingerprint density at radius 2 is 2.15 bits per heavy atom. The second kappa shape index (κ2) is 5.28. The minimum atomic E-state index is -0.0339. The molecule has 6 nitrogen and oxygen atoms in total. The van der Waals surface area contributed by atoms with E-state index in [0.29, 0.717) is 12.2 Å². The van der Waals surface area contributed by atoms with Crippen LogP contribution in [0.3, 0.4) is 0 Å². The molecule has 0 bridgehead atoms. The molecule has 1 amide bonds. The number of anilines is 1. The lowest BCUT2D eigenvalue weighted by atomic mass is 9.91. The molecule has 108 valence electrons. The smallest absolute Gasteiger partial charge is 0.250 e. The summed E-state index contributed by atoms with van der Waals surface area (Å²) < 4.78 is 1.64. The number of fused-ring (bicyclic) bond motifs is 1. The van der Waals surface area contributed by atoms with Crippen molar-refractivity contribution in [1.29, 1.82) is 0 Å². The molecule has 1 aromatic rings. The van der Waals surface area contributed by atoms with Crippen molar-refractivity contribution in [2.75, 3.05) is 25.4 Å². The first-order chi connectivity index (χ1) is 9.65. The third kappa shape index (κ3) is 2.43. The molecule has 0 aromatic carbocycles. The number of nitrogens with zero attached hydrogens (tertiary/aromatic N) is 2. The highest BCUT2D eigenvalue weighted by Gasteiger charge is 2.40. The summed E-state index contributed by atoms with van der Waals surface area (Å²) in [5.74, 6) is 0.308. The number of nitrogen functional groups attached to an aromatic ring is 1.